The Kier molecular flexibility index (Phi) is 21.2. The lowest BCUT2D eigenvalue weighted by atomic mass is 9.89. The lowest BCUT2D eigenvalue weighted by molar-refractivity contribution is -0.148. The van der Waals surface area contributed by atoms with Crippen molar-refractivity contribution in [1.82, 2.24) is 35.0 Å². The number of nitrogen functional groups attached to an aromatic ring is 1. The molecule has 1 saturated heterocycles. The zero-order valence-electron chi connectivity index (χ0n) is 43.0. The number of ether oxygens (including phenoxy) is 3. The van der Waals surface area contributed by atoms with Crippen LogP contribution in [0, 0.1) is 23.7 Å². The molecule has 0 aliphatic carbocycles. The molecule has 4 rings (SSSR count). The molecule has 1 aliphatic heterocycles. The molecule has 2 aromatic carbocycles. The monoisotopic (exact) mass is 976 g/mol. The topological polar surface area (TPSA) is 240 Å². The molecule has 19 nitrogen and oxygen atoms in total. The van der Waals surface area contributed by atoms with Gasteiger partial charge in [-0.3, -0.25) is 29.5 Å². The van der Waals surface area contributed by atoms with Gasteiger partial charge in [-0.1, -0.05) is 97.4 Å². The SMILES string of the molecule is CC[C@H](C)[C@@H]([C@@H](CC(=O)N1CCC[C@H]1[C@H](OC)[C@@H](C)C(=O)N[C@H](C)[C@@H](O)c1ccccc1)OC)N(C)C(=O)[C@@H](NC(=O)[C@H](C(C)C)N(C)C(=O)OCc1ccc(Nn2ccc(N)nc2=O)cc1)C(C)C. The number of nitrogens with zero attached hydrogens (tertiary/aromatic N) is 5. The van der Waals surface area contributed by atoms with Gasteiger partial charge in [0.15, 0.2) is 0 Å². The van der Waals surface area contributed by atoms with Gasteiger partial charge in [0.25, 0.3) is 0 Å². The first kappa shape index (κ1) is 56.5. The van der Waals surface area contributed by atoms with E-state index in [1.54, 1.807) is 80.9 Å². The molecule has 70 heavy (non-hydrogen) atoms. The van der Waals surface area contributed by atoms with Crippen molar-refractivity contribution in [3.8, 4) is 0 Å². The molecule has 6 N–H and O–H groups in total. The van der Waals surface area contributed by atoms with Crippen LogP contribution < -0.4 is 27.5 Å². The number of hydrogen-bond acceptors (Lipinski definition) is 13. The third kappa shape index (κ3) is 14.5. The number of benzene rings is 2. The number of aliphatic hydroxyl groups excluding tert-OH is 1. The predicted molar refractivity (Wildman–Crippen MR) is 267 cm³/mol. The van der Waals surface area contributed by atoms with Crippen molar-refractivity contribution in [3.63, 3.8) is 0 Å². The summed E-state index contributed by atoms with van der Waals surface area (Å²) in [7, 11) is 6.18. The molecule has 10 atom stereocenters. The average Bonchev–Trinajstić information content (AvgIpc) is 3.82. The van der Waals surface area contributed by atoms with Gasteiger partial charge in [0.1, 0.15) is 24.5 Å². The molecule has 5 amide bonds. The Morgan fingerprint density at radius 1 is 0.871 bits per heavy atom. The number of rotatable bonds is 24. The fourth-order valence-corrected chi connectivity index (χ4v) is 9.25. The minimum absolute atomic E-state index is 0.0539. The van der Waals surface area contributed by atoms with Gasteiger partial charge in [0.05, 0.1) is 54.5 Å². The molecule has 1 aromatic heterocycles. The maximum atomic E-state index is 14.6. The first-order valence-corrected chi connectivity index (χ1v) is 24.2. The largest absolute Gasteiger partial charge is 0.445 e. The lowest BCUT2D eigenvalue weighted by Crippen LogP contribution is -2.60. The highest BCUT2D eigenvalue weighted by Crippen LogP contribution is 2.30. The van der Waals surface area contributed by atoms with Gasteiger partial charge in [0.2, 0.25) is 23.6 Å². The fraction of sp³-hybridized carbons (Fsp3) is 0.588. The molecular weight excluding hydrogens is 899 g/mol. The Labute approximate surface area is 412 Å². The molecule has 1 fully saturated rings. The number of carbonyl (C=O) groups excluding carboxylic acids is 5. The van der Waals surface area contributed by atoms with Crippen molar-refractivity contribution in [3.05, 3.63) is 88.5 Å². The smallest absolute Gasteiger partial charge is 0.410 e. The zero-order chi connectivity index (χ0) is 52.0. The average molecular weight is 976 g/mol. The van der Waals surface area contributed by atoms with Crippen LogP contribution >= 0.6 is 0 Å². The van der Waals surface area contributed by atoms with Crippen molar-refractivity contribution >= 4 is 41.2 Å². The third-order valence-electron chi connectivity index (χ3n) is 13.5. The van der Waals surface area contributed by atoms with Gasteiger partial charge in [-0.2, -0.15) is 4.98 Å². The molecule has 0 bridgehead atoms. The van der Waals surface area contributed by atoms with Crippen LogP contribution in [-0.2, 0) is 40.0 Å². The lowest BCUT2D eigenvalue weighted by Gasteiger charge is -2.41. The maximum Gasteiger partial charge on any atom is 0.410 e. The number of amides is 5. The summed E-state index contributed by atoms with van der Waals surface area (Å²) < 4.78 is 18.8. The van der Waals surface area contributed by atoms with E-state index in [9.17, 15) is 33.9 Å². The number of aliphatic hydroxyl groups is 1. The summed E-state index contributed by atoms with van der Waals surface area (Å²) in [5.41, 5.74) is 9.82. The minimum atomic E-state index is -0.998. The highest BCUT2D eigenvalue weighted by atomic mass is 16.6. The third-order valence-corrected chi connectivity index (χ3v) is 13.5. The molecule has 2 heterocycles. The number of likely N-dealkylation sites (N-methyl/N-ethyl adjacent to an activating group) is 2. The van der Waals surface area contributed by atoms with Gasteiger partial charge >= 0.3 is 11.8 Å². The molecule has 0 unspecified atom stereocenters. The molecule has 3 aromatic rings. The second kappa shape index (κ2) is 26.2. The quantitative estimate of drug-likeness (QED) is 0.0827. The number of aromatic nitrogens is 2. The Morgan fingerprint density at radius 3 is 2.10 bits per heavy atom. The highest BCUT2D eigenvalue weighted by molar-refractivity contribution is 5.92. The van der Waals surface area contributed by atoms with Crippen molar-refractivity contribution in [2.45, 2.75) is 136 Å². The minimum Gasteiger partial charge on any atom is -0.445 e. The van der Waals surface area contributed by atoms with E-state index in [-0.39, 0.29) is 54.3 Å². The molecule has 1 aliphatic rings. The summed E-state index contributed by atoms with van der Waals surface area (Å²) in [6.45, 7) is 15.1. The summed E-state index contributed by atoms with van der Waals surface area (Å²) >= 11 is 0. The maximum absolute atomic E-state index is 14.6. The Hall–Kier alpha value is -6.05. The predicted octanol–water partition coefficient (Wildman–Crippen LogP) is 4.59. The van der Waals surface area contributed by atoms with E-state index in [2.05, 4.69) is 21.0 Å². The van der Waals surface area contributed by atoms with Crippen LogP contribution in [0.4, 0.5) is 16.3 Å². The highest BCUT2D eigenvalue weighted by Gasteiger charge is 2.44. The van der Waals surface area contributed by atoms with Crippen LogP contribution in [0.3, 0.4) is 0 Å². The fourth-order valence-electron chi connectivity index (χ4n) is 9.25. The van der Waals surface area contributed by atoms with E-state index in [0.29, 0.717) is 42.6 Å². The second-order valence-corrected chi connectivity index (χ2v) is 19.1. The molecule has 0 saturated carbocycles. The number of methoxy groups -OCH3 is 2. The van der Waals surface area contributed by atoms with Crippen molar-refractivity contribution in [1.29, 1.82) is 0 Å². The van der Waals surface area contributed by atoms with Crippen molar-refractivity contribution < 1.29 is 43.3 Å². The van der Waals surface area contributed by atoms with E-state index in [1.165, 1.54) is 43.1 Å². The normalized spacial score (nSPS) is 17.6. The van der Waals surface area contributed by atoms with Crippen molar-refractivity contribution in [2.75, 3.05) is 46.0 Å². The van der Waals surface area contributed by atoms with Gasteiger partial charge in [-0.15, -0.1) is 0 Å². The van der Waals surface area contributed by atoms with Crippen LogP contribution in [0.15, 0.2) is 71.7 Å². The number of nitrogens with one attached hydrogen (secondary N) is 3. The van der Waals surface area contributed by atoms with E-state index in [4.69, 9.17) is 19.9 Å². The number of likely N-dealkylation sites (tertiary alicyclic amines) is 1. The van der Waals surface area contributed by atoms with Crippen LogP contribution in [0.5, 0.6) is 0 Å². The second-order valence-electron chi connectivity index (χ2n) is 19.1. The van der Waals surface area contributed by atoms with Crippen LogP contribution in [0.25, 0.3) is 0 Å². The molecule has 19 heteroatoms. The molecule has 0 spiro atoms. The van der Waals surface area contributed by atoms with Crippen LogP contribution in [0.1, 0.15) is 98.3 Å². The molecular formula is C51H77N9O10. The van der Waals surface area contributed by atoms with Gasteiger partial charge in [0, 0.05) is 41.1 Å². The summed E-state index contributed by atoms with van der Waals surface area (Å²) in [4.78, 5) is 90.6. The standard InChI is InChI=1S/C51H77N9O10/c1-13-32(6)44(39(68-11)28-41(61)59-26-17-20-38(59)46(69-12)33(7)47(63)53-34(8)45(62)36-18-15-14-16-19-36)57(9)49(65)42(30(2)3)55-48(64)43(31(4)5)58(10)51(67)70-29-35-21-23-37(24-22-35)56-60-27-25-40(52)54-50(60)66/h14-16,18-19,21-25,27,30-34,38-39,42-46,56,62H,13,17,20,26,28-29H2,1-12H3,(H,53,63)(H,55,64)(H2,52,54,66)/t32-,33+,34+,38-,39+,42-,43-,44-,45+,46+/m0/s1. The summed E-state index contributed by atoms with van der Waals surface area (Å²) in [5.74, 6) is -2.83. The summed E-state index contributed by atoms with van der Waals surface area (Å²) in [5, 5.41) is 16.8. The number of hydrogen-bond donors (Lipinski definition) is 5. The van der Waals surface area contributed by atoms with Crippen LogP contribution in [-0.4, -0.2) is 136 Å². The van der Waals surface area contributed by atoms with Gasteiger partial charge in [-0.25, -0.2) is 14.3 Å². The van der Waals surface area contributed by atoms with Gasteiger partial charge < -0.3 is 45.5 Å². The number of carbonyl (C=O) groups is 5. The summed E-state index contributed by atoms with van der Waals surface area (Å²) in [6.07, 6.45) is 0.369. The van der Waals surface area contributed by atoms with Gasteiger partial charge in [-0.05, 0) is 66.8 Å². The number of anilines is 2. The Morgan fingerprint density at radius 2 is 1.53 bits per heavy atom. The van der Waals surface area contributed by atoms with Crippen LogP contribution in [0.2, 0.25) is 0 Å². The zero-order valence-corrected chi connectivity index (χ0v) is 43.0. The first-order chi connectivity index (χ1) is 33.1. The molecule has 0 radical (unpaired) electrons. The van der Waals surface area contributed by atoms with E-state index < -0.39 is 72.1 Å². The summed E-state index contributed by atoms with van der Waals surface area (Å²) in [6, 6.07) is 13.9. The van der Waals surface area contributed by atoms with E-state index in [1.807, 2.05) is 45.9 Å². The Bertz CT molecular complexity index is 2240. The Balaban J connectivity index is 1.42. The van der Waals surface area contributed by atoms with Crippen molar-refractivity contribution in [2.24, 2.45) is 23.7 Å². The number of nitrogens with two attached hydrogens (primary N) is 1. The first-order valence-electron chi connectivity index (χ1n) is 24.2. The molecule has 386 valence electrons. The van der Waals surface area contributed by atoms with E-state index in [0.717, 1.165) is 0 Å². The van der Waals surface area contributed by atoms with E-state index >= 15 is 0 Å².